The van der Waals surface area contributed by atoms with Crippen LogP contribution < -0.4 is 4.73 Å². The van der Waals surface area contributed by atoms with E-state index in [2.05, 4.69) is 24.8 Å². The van der Waals surface area contributed by atoms with Gasteiger partial charge in [0.05, 0.1) is 12.1 Å². The zero-order chi connectivity index (χ0) is 23.7. The van der Waals surface area contributed by atoms with Crippen molar-refractivity contribution in [3.63, 3.8) is 0 Å². The molecule has 1 aliphatic heterocycles. The maximum absolute atomic E-state index is 12.9. The summed E-state index contributed by atoms with van der Waals surface area (Å²) in [5.41, 5.74) is 9.20. The number of hydrogen-bond acceptors (Lipinski definition) is 3. The van der Waals surface area contributed by atoms with E-state index in [9.17, 15) is 10.0 Å². The molecule has 1 fully saturated rings. The summed E-state index contributed by atoms with van der Waals surface area (Å²) >= 11 is 6.35. The second-order valence-corrected chi connectivity index (χ2v) is 9.34. The number of halogens is 1. The van der Waals surface area contributed by atoms with Crippen LogP contribution >= 0.6 is 11.6 Å². The summed E-state index contributed by atoms with van der Waals surface area (Å²) < 4.78 is 0.981. The molecule has 3 aromatic rings. The Morgan fingerprint density at radius 2 is 1.82 bits per heavy atom. The normalized spacial score (nSPS) is 15.4. The molecule has 0 unspecified atom stereocenters. The number of carbonyl (C=O) groups excluding carboxylic acids is 1. The summed E-state index contributed by atoms with van der Waals surface area (Å²) in [6.45, 7) is 5.28. The van der Waals surface area contributed by atoms with Gasteiger partial charge in [0, 0.05) is 46.7 Å². The number of aromatic nitrogens is 2. The summed E-state index contributed by atoms with van der Waals surface area (Å²) in [7, 11) is 0. The number of likely N-dealkylation sites (tertiary alicyclic amines) is 1. The first kappa shape index (κ1) is 22.4. The zero-order valence-electron chi connectivity index (χ0n) is 19.0. The third-order valence-electron chi connectivity index (χ3n) is 6.77. The van der Waals surface area contributed by atoms with Crippen LogP contribution in [-0.4, -0.2) is 34.1 Å². The van der Waals surface area contributed by atoms with Crippen LogP contribution in [0.25, 0.3) is 11.6 Å². The van der Waals surface area contributed by atoms with Crippen molar-refractivity contribution in [2.45, 2.75) is 32.1 Å². The molecule has 0 saturated carbocycles. The number of nitrogens with zero attached hydrogens (tertiary/aromatic N) is 3. The third kappa shape index (κ3) is 4.48. The van der Waals surface area contributed by atoms with Gasteiger partial charge in [0.1, 0.15) is 0 Å². The molecule has 2 aliphatic rings. The molecule has 1 amide bonds. The van der Waals surface area contributed by atoms with E-state index in [-0.39, 0.29) is 5.91 Å². The van der Waals surface area contributed by atoms with Gasteiger partial charge in [-0.25, -0.2) is 0 Å². The van der Waals surface area contributed by atoms with E-state index in [1.54, 1.807) is 24.5 Å². The Bertz CT molecular complexity index is 1290. The number of piperidine rings is 1. The molecule has 5 nitrogen and oxygen atoms in total. The standard InChI is InChI=1S/C28H27ClN3O2/c1-2-19-15-23-4-3-22-17-24(29)5-6-25(22)27(28(23)30-18-19)21-9-11-31(12-10-21)26(33)16-20-7-13-32(34)14-8-20/h2,5-8,13-15,17-18,34H,1,3-4,9-12,16H2/q+1. The van der Waals surface area contributed by atoms with Crippen LogP contribution in [0.1, 0.15) is 46.4 Å². The van der Waals surface area contributed by atoms with Gasteiger partial charge in [-0.1, -0.05) is 35.9 Å². The number of benzene rings is 1. The fraction of sp³-hybridized carbons (Fsp3) is 0.250. The first-order chi connectivity index (χ1) is 16.5. The predicted molar refractivity (Wildman–Crippen MR) is 133 cm³/mol. The Labute approximate surface area is 204 Å². The molecular formula is C28H27ClN3O2+. The molecule has 0 spiro atoms. The monoisotopic (exact) mass is 472 g/mol. The van der Waals surface area contributed by atoms with Gasteiger partial charge in [-0.3, -0.25) is 15.0 Å². The van der Waals surface area contributed by atoms with Gasteiger partial charge in [0.15, 0.2) is 0 Å². The molecule has 5 rings (SSSR count). The van der Waals surface area contributed by atoms with E-state index >= 15 is 0 Å². The third-order valence-corrected chi connectivity index (χ3v) is 7.01. The summed E-state index contributed by atoms with van der Waals surface area (Å²) in [6, 6.07) is 11.9. The number of amides is 1. The SMILES string of the molecule is C=Cc1cnc2c(c1)CCc1cc(Cl)ccc1C2=C1CCN(C(=O)Cc2cc[n+](O)cc2)CC1. The van der Waals surface area contributed by atoms with Crippen LogP contribution in [0.3, 0.4) is 0 Å². The van der Waals surface area contributed by atoms with Crippen LogP contribution in [0.15, 0.2) is 67.1 Å². The number of fused-ring (bicyclic) bond motifs is 2. The average Bonchev–Trinajstić information content (AvgIpc) is 3.01. The van der Waals surface area contributed by atoms with Crippen LogP contribution in [-0.2, 0) is 24.1 Å². The Morgan fingerprint density at radius 1 is 1.09 bits per heavy atom. The molecule has 0 bridgehead atoms. The van der Waals surface area contributed by atoms with Crippen molar-refractivity contribution < 1.29 is 14.7 Å². The molecule has 0 atom stereocenters. The van der Waals surface area contributed by atoms with Crippen LogP contribution in [0.5, 0.6) is 0 Å². The lowest BCUT2D eigenvalue weighted by Crippen LogP contribution is -2.37. The van der Waals surface area contributed by atoms with E-state index in [0.717, 1.165) is 52.3 Å². The Kier molecular flexibility index (Phi) is 6.20. The molecule has 6 heteroatoms. The minimum Gasteiger partial charge on any atom is -0.342 e. The number of rotatable bonds is 3. The number of carbonyl (C=O) groups is 1. The second-order valence-electron chi connectivity index (χ2n) is 8.90. The second kappa shape index (κ2) is 9.43. The summed E-state index contributed by atoms with van der Waals surface area (Å²) in [4.78, 5) is 19.7. The van der Waals surface area contributed by atoms with Gasteiger partial charge < -0.3 is 4.90 Å². The fourth-order valence-corrected chi connectivity index (χ4v) is 5.15. The van der Waals surface area contributed by atoms with E-state index in [0.29, 0.717) is 19.5 Å². The lowest BCUT2D eigenvalue weighted by molar-refractivity contribution is -0.904. The highest BCUT2D eigenvalue weighted by Gasteiger charge is 2.27. The lowest BCUT2D eigenvalue weighted by Gasteiger charge is -2.30. The topological polar surface area (TPSA) is 57.3 Å². The molecule has 2 aromatic heterocycles. The van der Waals surface area contributed by atoms with E-state index in [4.69, 9.17) is 16.6 Å². The zero-order valence-corrected chi connectivity index (χ0v) is 19.8. The minimum atomic E-state index is 0.113. The molecule has 1 aliphatic carbocycles. The summed E-state index contributed by atoms with van der Waals surface area (Å²) in [6.07, 6.45) is 10.6. The van der Waals surface area contributed by atoms with Gasteiger partial charge in [-0.2, -0.15) is 0 Å². The van der Waals surface area contributed by atoms with Gasteiger partial charge in [-0.05, 0) is 71.7 Å². The average molecular weight is 473 g/mol. The Balaban J connectivity index is 1.45. The van der Waals surface area contributed by atoms with Crippen molar-refractivity contribution in [2.24, 2.45) is 0 Å². The van der Waals surface area contributed by atoms with Crippen molar-refractivity contribution in [1.82, 2.24) is 9.88 Å². The molecular weight excluding hydrogens is 446 g/mol. The number of aryl methyl sites for hydroxylation is 2. The number of hydrogen-bond donors (Lipinski definition) is 1. The number of pyridine rings is 2. The van der Waals surface area contributed by atoms with E-state index in [1.807, 2.05) is 23.2 Å². The highest BCUT2D eigenvalue weighted by atomic mass is 35.5. The fourth-order valence-electron chi connectivity index (χ4n) is 4.95. The molecule has 34 heavy (non-hydrogen) atoms. The Morgan fingerprint density at radius 3 is 2.56 bits per heavy atom. The molecule has 0 radical (unpaired) electrons. The van der Waals surface area contributed by atoms with E-state index < -0.39 is 0 Å². The van der Waals surface area contributed by atoms with Gasteiger partial charge in [0.25, 0.3) is 0 Å². The summed E-state index contributed by atoms with van der Waals surface area (Å²) in [5, 5.41) is 10.1. The van der Waals surface area contributed by atoms with Crippen molar-refractivity contribution in [1.29, 1.82) is 0 Å². The highest BCUT2D eigenvalue weighted by Crippen LogP contribution is 2.38. The quantitative estimate of drug-likeness (QED) is 0.445. The minimum absolute atomic E-state index is 0.113. The summed E-state index contributed by atoms with van der Waals surface area (Å²) in [5.74, 6) is 0.113. The Hall–Kier alpha value is -3.44. The first-order valence-corrected chi connectivity index (χ1v) is 12.0. The van der Waals surface area contributed by atoms with Gasteiger partial charge in [-0.15, -0.1) is 0 Å². The molecule has 1 aromatic carbocycles. The molecule has 1 saturated heterocycles. The smallest absolute Gasteiger partial charge is 0.227 e. The van der Waals surface area contributed by atoms with Crippen LogP contribution in [0.2, 0.25) is 5.02 Å². The first-order valence-electron chi connectivity index (χ1n) is 11.6. The van der Waals surface area contributed by atoms with Crippen molar-refractivity contribution in [3.8, 4) is 0 Å². The van der Waals surface area contributed by atoms with Crippen molar-refractivity contribution >= 4 is 29.2 Å². The van der Waals surface area contributed by atoms with Gasteiger partial charge in [0.2, 0.25) is 18.3 Å². The van der Waals surface area contributed by atoms with E-state index in [1.165, 1.54) is 27.8 Å². The predicted octanol–water partition coefficient (Wildman–Crippen LogP) is 4.67. The van der Waals surface area contributed by atoms with Crippen molar-refractivity contribution in [2.75, 3.05) is 13.1 Å². The molecule has 1 N–H and O–H groups in total. The molecule has 172 valence electrons. The van der Waals surface area contributed by atoms with Crippen LogP contribution in [0.4, 0.5) is 0 Å². The van der Waals surface area contributed by atoms with Crippen LogP contribution in [0, 0.1) is 0 Å². The largest absolute Gasteiger partial charge is 0.342 e. The maximum atomic E-state index is 12.9. The maximum Gasteiger partial charge on any atom is 0.227 e. The highest BCUT2D eigenvalue weighted by molar-refractivity contribution is 6.30. The van der Waals surface area contributed by atoms with Gasteiger partial charge >= 0.3 is 0 Å². The van der Waals surface area contributed by atoms with Crippen molar-refractivity contribution in [3.05, 3.63) is 106 Å². The molecule has 3 heterocycles. The lowest BCUT2D eigenvalue weighted by atomic mass is 9.88.